The van der Waals surface area contributed by atoms with Gasteiger partial charge in [-0.2, -0.15) is 0 Å². The van der Waals surface area contributed by atoms with Gasteiger partial charge in [0.25, 0.3) is 0 Å². The fourth-order valence-electron chi connectivity index (χ4n) is 4.88. The SMILES string of the molecule is CCCCCCCCCCCCNC(=O)CCC(=O)NC1CC(C)(C)NC(C)(C)C1. The van der Waals surface area contributed by atoms with Crippen molar-refractivity contribution in [2.75, 3.05) is 6.54 Å². The lowest BCUT2D eigenvalue weighted by Crippen LogP contribution is -2.62. The summed E-state index contributed by atoms with van der Waals surface area (Å²) < 4.78 is 0. The lowest BCUT2D eigenvalue weighted by molar-refractivity contribution is -0.127. The molecule has 176 valence electrons. The Morgan fingerprint density at radius 1 is 0.767 bits per heavy atom. The summed E-state index contributed by atoms with van der Waals surface area (Å²) in [6.45, 7) is 11.7. The van der Waals surface area contributed by atoms with E-state index in [9.17, 15) is 9.59 Å². The van der Waals surface area contributed by atoms with Crippen LogP contribution in [0.4, 0.5) is 0 Å². The van der Waals surface area contributed by atoms with Gasteiger partial charge >= 0.3 is 0 Å². The van der Waals surface area contributed by atoms with Gasteiger partial charge in [0.1, 0.15) is 0 Å². The van der Waals surface area contributed by atoms with Crippen molar-refractivity contribution >= 4 is 11.8 Å². The Balaban J connectivity index is 2.03. The van der Waals surface area contributed by atoms with E-state index >= 15 is 0 Å². The van der Waals surface area contributed by atoms with Crippen molar-refractivity contribution in [3.63, 3.8) is 0 Å². The van der Waals surface area contributed by atoms with E-state index in [0.29, 0.717) is 0 Å². The number of carbonyl (C=O) groups is 2. The maximum absolute atomic E-state index is 12.3. The van der Waals surface area contributed by atoms with Gasteiger partial charge in [-0.25, -0.2) is 0 Å². The number of unbranched alkanes of at least 4 members (excludes halogenated alkanes) is 9. The number of piperidine rings is 1. The second kappa shape index (κ2) is 14.1. The van der Waals surface area contributed by atoms with E-state index in [1.54, 1.807) is 0 Å². The van der Waals surface area contributed by atoms with Gasteiger partial charge in [-0.3, -0.25) is 9.59 Å². The zero-order chi connectivity index (χ0) is 22.5. The van der Waals surface area contributed by atoms with Crippen LogP contribution in [-0.4, -0.2) is 35.5 Å². The summed E-state index contributed by atoms with van der Waals surface area (Å²) in [6, 6.07) is 0.165. The van der Waals surface area contributed by atoms with Crippen LogP contribution in [0.3, 0.4) is 0 Å². The van der Waals surface area contributed by atoms with E-state index in [1.165, 1.54) is 57.8 Å². The quantitative estimate of drug-likeness (QED) is 0.316. The predicted molar refractivity (Wildman–Crippen MR) is 127 cm³/mol. The van der Waals surface area contributed by atoms with E-state index in [-0.39, 0.29) is 41.8 Å². The Hall–Kier alpha value is -1.10. The first-order valence-corrected chi connectivity index (χ1v) is 12.5. The minimum absolute atomic E-state index is 0.00608. The van der Waals surface area contributed by atoms with Crippen LogP contribution < -0.4 is 16.0 Å². The molecule has 0 aromatic carbocycles. The van der Waals surface area contributed by atoms with Crippen molar-refractivity contribution < 1.29 is 9.59 Å². The zero-order valence-corrected chi connectivity index (χ0v) is 20.5. The van der Waals surface area contributed by atoms with Crippen molar-refractivity contribution in [2.24, 2.45) is 0 Å². The van der Waals surface area contributed by atoms with Crippen LogP contribution in [0.1, 0.15) is 125 Å². The van der Waals surface area contributed by atoms with Crippen LogP contribution in [0.25, 0.3) is 0 Å². The number of carbonyl (C=O) groups excluding carboxylic acids is 2. The molecule has 0 aromatic heterocycles. The van der Waals surface area contributed by atoms with E-state index < -0.39 is 0 Å². The highest BCUT2D eigenvalue weighted by atomic mass is 16.2. The third-order valence-corrected chi connectivity index (χ3v) is 5.99. The molecular weight excluding hydrogens is 374 g/mol. The Labute approximate surface area is 185 Å². The lowest BCUT2D eigenvalue weighted by Gasteiger charge is -2.46. The Morgan fingerprint density at radius 2 is 1.23 bits per heavy atom. The third kappa shape index (κ3) is 13.3. The summed E-state index contributed by atoms with van der Waals surface area (Å²) >= 11 is 0. The van der Waals surface area contributed by atoms with Crippen molar-refractivity contribution in [3.05, 3.63) is 0 Å². The molecule has 0 saturated carbocycles. The van der Waals surface area contributed by atoms with Gasteiger partial charge < -0.3 is 16.0 Å². The molecule has 0 bridgehead atoms. The van der Waals surface area contributed by atoms with Gasteiger partial charge in [0.15, 0.2) is 0 Å². The summed E-state index contributed by atoms with van der Waals surface area (Å²) in [5, 5.41) is 9.73. The van der Waals surface area contributed by atoms with Crippen LogP contribution in [0, 0.1) is 0 Å². The molecule has 2 amide bonds. The standard InChI is InChI=1S/C25H49N3O2/c1-6-7-8-9-10-11-12-13-14-15-18-26-22(29)16-17-23(30)27-21-19-24(2,3)28-25(4,5)20-21/h21,28H,6-20H2,1-5H3,(H,26,29)(H,27,30). The van der Waals surface area contributed by atoms with Gasteiger partial charge in [0.2, 0.25) is 11.8 Å². The topological polar surface area (TPSA) is 70.2 Å². The molecule has 1 rings (SSSR count). The molecular formula is C25H49N3O2. The number of amides is 2. The van der Waals surface area contributed by atoms with Crippen LogP contribution in [0.15, 0.2) is 0 Å². The molecule has 1 fully saturated rings. The first-order valence-electron chi connectivity index (χ1n) is 12.5. The number of hydrogen-bond acceptors (Lipinski definition) is 3. The van der Waals surface area contributed by atoms with E-state index in [4.69, 9.17) is 0 Å². The molecule has 0 radical (unpaired) electrons. The van der Waals surface area contributed by atoms with Gasteiger partial charge in [-0.15, -0.1) is 0 Å². The number of nitrogens with one attached hydrogen (secondary N) is 3. The Morgan fingerprint density at radius 3 is 1.77 bits per heavy atom. The minimum Gasteiger partial charge on any atom is -0.356 e. The van der Waals surface area contributed by atoms with Crippen molar-refractivity contribution in [1.82, 2.24) is 16.0 Å². The van der Waals surface area contributed by atoms with E-state index in [2.05, 4.69) is 50.6 Å². The molecule has 0 aromatic rings. The lowest BCUT2D eigenvalue weighted by atomic mass is 9.79. The molecule has 3 N–H and O–H groups in total. The van der Waals surface area contributed by atoms with Crippen LogP contribution >= 0.6 is 0 Å². The summed E-state index contributed by atoms with van der Waals surface area (Å²) in [4.78, 5) is 24.3. The van der Waals surface area contributed by atoms with E-state index in [1.807, 2.05) is 0 Å². The maximum Gasteiger partial charge on any atom is 0.220 e. The first kappa shape index (κ1) is 26.9. The van der Waals surface area contributed by atoms with Gasteiger partial charge in [0.05, 0.1) is 0 Å². The average molecular weight is 424 g/mol. The van der Waals surface area contributed by atoms with Crippen LogP contribution in [-0.2, 0) is 9.59 Å². The molecule has 5 heteroatoms. The molecule has 1 heterocycles. The number of rotatable bonds is 15. The highest BCUT2D eigenvalue weighted by Gasteiger charge is 2.38. The van der Waals surface area contributed by atoms with Gasteiger partial charge in [-0.1, -0.05) is 64.7 Å². The molecule has 0 aliphatic carbocycles. The fourth-order valence-corrected chi connectivity index (χ4v) is 4.88. The summed E-state index contributed by atoms with van der Waals surface area (Å²) in [6.07, 6.45) is 15.3. The smallest absolute Gasteiger partial charge is 0.220 e. The summed E-state index contributed by atoms with van der Waals surface area (Å²) in [7, 11) is 0. The molecule has 1 aliphatic heterocycles. The second-order valence-electron chi connectivity index (χ2n) is 10.6. The summed E-state index contributed by atoms with van der Waals surface area (Å²) in [5.74, 6) is -0.0189. The molecule has 5 nitrogen and oxygen atoms in total. The van der Waals surface area contributed by atoms with Crippen molar-refractivity contribution in [1.29, 1.82) is 0 Å². The van der Waals surface area contributed by atoms with Crippen molar-refractivity contribution in [3.8, 4) is 0 Å². The average Bonchev–Trinajstić information content (AvgIpc) is 2.61. The molecule has 0 unspecified atom stereocenters. The Bertz CT molecular complexity index is 487. The van der Waals surface area contributed by atoms with Crippen LogP contribution in [0.2, 0.25) is 0 Å². The largest absolute Gasteiger partial charge is 0.356 e. The third-order valence-electron chi connectivity index (χ3n) is 5.99. The maximum atomic E-state index is 12.3. The molecule has 1 saturated heterocycles. The molecule has 0 atom stereocenters. The minimum atomic E-state index is -0.0115. The molecule has 30 heavy (non-hydrogen) atoms. The van der Waals surface area contributed by atoms with Gasteiger partial charge in [0, 0.05) is 36.5 Å². The Kier molecular flexibility index (Phi) is 12.6. The van der Waals surface area contributed by atoms with Crippen LogP contribution in [0.5, 0.6) is 0 Å². The highest BCUT2D eigenvalue weighted by Crippen LogP contribution is 2.28. The van der Waals surface area contributed by atoms with Crippen molar-refractivity contribution in [2.45, 2.75) is 142 Å². The number of hydrogen-bond donors (Lipinski definition) is 3. The fraction of sp³-hybridized carbons (Fsp3) is 0.920. The zero-order valence-electron chi connectivity index (χ0n) is 20.5. The first-order chi connectivity index (χ1) is 14.1. The molecule has 0 spiro atoms. The normalized spacial score (nSPS) is 18.2. The predicted octanol–water partition coefficient (Wildman–Crippen LogP) is 5.23. The highest BCUT2D eigenvalue weighted by molar-refractivity contribution is 5.83. The van der Waals surface area contributed by atoms with E-state index in [0.717, 1.165) is 25.8 Å². The van der Waals surface area contributed by atoms with Gasteiger partial charge in [-0.05, 0) is 47.0 Å². The second-order valence-corrected chi connectivity index (χ2v) is 10.6. The summed E-state index contributed by atoms with van der Waals surface area (Å²) in [5.41, 5.74) is 0.0122. The molecule has 1 aliphatic rings. The monoisotopic (exact) mass is 423 g/mol.